The van der Waals surface area contributed by atoms with Crippen molar-refractivity contribution < 1.29 is 23.4 Å². The molecule has 0 fully saturated rings. The van der Waals surface area contributed by atoms with Gasteiger partial charge < -0.3 is 24.4 Å². The molecule has 0 saturated carbocycles. The van der Waals surface area contributed by atoms with Crippen molar-refractivity contribution in [2.24, 2.45) is 5.73 Å². The van der Waals surface area contributed by atoms with Crippen LogP contribution in [-0.2, 0) is 13.0 Å². The van der Waals surface area contributed by atoms with Gasteiger partial charge in [-0.1, -0.05) is 12.1 Å². The number of carbonyl (C=O) groups excluding carboxylic acids is 1. The number of primary amides is 1. The van der Waals surface area contributed by atoms with Crippen molar-refractivity contribution in [3.05, 3.63) is 75.9 Å². The molecule has 12 heteroatoms. The van der Waals surface area contributed by atoms with Crippen LogP contribution in [0.3, 0.4) is 0 Å². The van der Waals surface area contributed by atoms with Crippen molar-refractivity contribution in [2.45, 2.75) is 13.0 Å². The Hall–Kier alpha value is -4.42. The summed E-state index contributed by atoms with van der Waals surface area (Å²) in [5, 5.41) is 8.65. The number of nitrogens with two attached hydrogens (primary N) is 1. The van der Waals surface area contributed by atoms with E-state index in [1.165, 1.54) is 11.3 Å². The number of nitrogens with zero attached hydrogens (tertiary/aromatic N) is 4. The highest BCUT2D eigenvalue weighted by atomic mass is 32.1. The lowest BCUT2D eigenvalue weighted by atomic mass is 10.1. The largest absolute Gasteiger partial charge is 0.496 e. The molecule has 2 N–H and O–H groups in total. The lowest BCUT2D eigenvalue weighted by molar-refractivity contribution is 0.100. The van der Waals surface area contributed by atoms with Crippen molar-refractivity contribution in [2.75, 3.05) is 14.2 Å². The summed E-state index contributed by atoms with van der Waals surface area (Å²) in [5.41, 5.74) is 8.98. The Labute approximate surface area is 224 Å². The Morgan fingerprint density at radius 3 is 2.74 bits per heavy atom. The van der Waals surface area contributed by atoms with Gasteiger partial charge in [0.05, 0.1) is 36.5 Å². The molecule has 0 aliphatic rings. The molecule has 0 unspecified atom stereocenters. The Balaban J connectivity index is 1.23. The fourth-order valence-corrected chi connectivity index (χ4v) is 5.49. The lowest BCUT2D eigenvalue weighted by Gasteiger charge is -2.08. The van der Waals surface area contributed by atoms with E-state index in [0.717, 1.165) is 21.7 Å². The second-order valence-corrected chi connectivity index (χ2v) is 10.2. The molecular weight excluding hydrogens is 526 g/mol. The maximum Gasteiger partial charge on any atom is 0.294 e. The van der Waals surface area contributed by atoms with Gasteiger partial charge in [0.15, 0.2) is 5.76 Å². The summed E-state index contributed by atoms with van der Waals surface area (Å²) in [6.45, 7) is 0.278. The normalized spacial score (nSPS) is 11.3. The summed E-state index contributed by atoms with van der Waals surface area (Å²) in [6, 6.07) is 12.8. The molecule has 4 aromatic heterocycles. The first kappa shape index (κ1) is 23.9. The second-order valence-electron chi connectivity index (χ2n) is 8.32. The Kier molecular flexibility index (Phi) is 6.18. The maximum atomic E-state index is 11.3. The molecule has 6 rings (SSSR count). The molecule has 6 aromatic rings. The summed E-state index contributed by atoms with van der Waals surface area (Å²) < 4.78 is 24.7. The smallest absolute Gasteiger partial charge is 0.294 e. The zero-order valence-electron chi connectivity index (χ0n) is 20.3. The number of amides is 1. The molecule has 38 heavy (non-hydrogen) atoms. The summed E-state index contributed by atoms with van der Waals surface area (Å²) in [4.78, 5) is 21.1. The van der Waals surface area contributed by atoms with Crippen LogP contribution in [0.25, 0.3) is 27.4 Å². The van der Waals surface area contributed by atoms with Crippen LogP contribution < -0.4 is 19.9 Å². The molecule has 0 saturated heterocycles. The fraction of sp³-hybridized carbons (Fsp3) is 0.154. The number of carbonyl (C=O) groups is 1. The van der Waals surface area contributed by atoms with E-state index in [1.807, 2.05) is 35.7 Å². The second kappa shape index (κ2) is 9.80. The van der Waals surface area contributed by atoms with E-state index >= 15 is 0 Å². The number of fused-ring (bicyclic) bond motifs is 2. The fourth-order valence-electron chi connectivity index (χ4n) is 3.98. The van der Waals surface area contributed by atoms with Crippen LogP contribution in [0.4, 0.5) is 0 Å². The van der Waals surface area contributed by atoms with Gasteiger partial charge in [-0.3, -0.25) is 4.79 Å². The molecule has 1 amide bonds. The molecule has 0 atom stereocenters. The van der Waals surface area contributed by atoms with Crippen LogP contribution in [-0.4, -0.2) is 39.7 Å². The standard InChI is InChI=1S/C26H21N5O5S2/c1-33-17-8-20(35-12-16-13-37-23(29-16)7-14-3-5-15(6-4-14)24(27)32)18-10-22(36-21(18)9-17)19-11-28-25-31(19)30-26(34-2)38-25/h3-6,8-11,13H,7,12H2,1-2H3,(H2,27,32). The van der Waals surface area contributed by atoms with Gasteiger partial charge in [0, 0.05) is 29.5 Å². The number of hydrogen-bond donors (Lipinski definition) is 1. The van der Waals surface area contributed by atoms with Gasteiger partial charge in [0.2, 0.25) is 10.9 Å². The predicted octanol–water partition coefficient (Wildman–Crippen LogP) is 4.95. The molecule has 0 radical (unpaired) electrons. The van der Waals surface area contributed by atoms with E-state index in [-0.39, 0.29) is 6.61 Å². The first-order valence-electron chi connectivity index (χ1n) is 11.5. The minimum atomic E-state index is -0.441. The van der Waals surface area contributed by atoms with Gasteiger partial charge in [-0.2, -0.15) is 4.52 Å². The number of aromatic nitrogens is 4. The number of furan rings is 1. The van der Waals surface area contributed by atoms with E-state index in [2.05, 4.69) is 10.1 Å². The van der Waals surface area contributed by atoms with Gasteiger partial charge in [0.1, 0.15) is 29.4 Å². The van der Waals surface area contributed by atoms with E-state index in [9.17, 15) is 4.79 Å². The molecule has 0 aliphatic heterocycles. The van der Waals surface area contributed by atoms with Gasteiger partial charge in [-0.05, 0) is 35.1 Å². The zero-order chi connectivity index (χ0) is 26.2. The Morgan fingerprint density at radius 1 is 1.13 bits per heavy atom. The van der Waals surface area contributed by atoms with Gasteiger partial charge in [-0.25, -0.2) is 9.97 Å². The van der Waals surface area contributed by atoms with Crippen LogP contribution in [0.5, 0.6) is 16.7 Å². The molecule has 2 aromatic carbocycles. The molecule has 10 nitrogen and oxygen atoms in total. The van der Waals surface area contributed by atoms with Gasteiger partial charge >= 0.3 is 0 Å². The Morgan fingerprint density at radius 2 is 1.97 bits per heavy atom. The molecular formula is C26H21N5O5S2. The molecule has 4 heterocycles. The average molecular weight is 548 g/mol. The highest BCUT2D eigenvalue weighted by molar-refractivity contribution is 7.18. The maximum absolute atomic E-state index is 11.3. The number of hydrogen-bond acceptors (Lipinski definition) is 10. The predicted molar refractivity (Wildman–Crippen MR) is 143 cm³/mol. The summed E-state index contributed by atoms with van der Waals surface area (Å²) in [6.07, 6.45) is 2.37. The quantitative estimate of drug-likeness (QED) is 0.269. The molecule has 192 valence electrons. The third-order valence-corrected chi connectivity index (χ3v) is 7.65. The van der Waals surface area contributed by atoms with E-state index in [1.54, 1.807) is 48.4 Å². The highest BCUT2D eigenvalue weighted by Crippen LogP contribution is 2.38. The van der Waals surface area contributed by atoms with Gasteiger partial charge in [0.25, 0.3) is 5.19 Å². The van der Waals surface area contributed by atoms with Crippen LogP contribution >= 0.6 is 22.7 Å². The van der Waals surface area contributed by atoms with Crippen LogP contribution in [0.15, 0.2) is 58.5 Å². The van der Waals surface area contributed by atoms with E-state index in [0.29, 0.717) is 50.7 Å². The summed E-state index contributed by atoms with van der Waals surface area (Å²) in [5.74, 6) is 1.38. The first-order valence-corrected chi connectivity index (χ1v) is 13.2. The number of thiazole rings is 1. The Bertz CT molecular complexity index is 1770. The van der Waals surface area contributed by atoms with Crippen molar-refractivity contribution in [1.82, 2.24) is 19.6 Å². The minimum absolute atomic E-state index is 0.278. The van der Waals surface area contributed by atoms with E-state index in [4.69, 9.17) is 29.3 Å². The number of imidazole rings is 1. The van der Waals surface area contributed by atoms with Crippen LogP contribution in [0, 0.1) is 0 Å². The van der Waals surface area contributed by atoms with E-state index < -0.39 is 5.91 Å². The molecule has 0 bridgehead atoms. The van der Waals surface area contributed by atoms with Crippen molar-refractivity contribution in [3.8, 4) is 28.1 Å². The number of rotatable bonds is 9. The average Bonchev–Trinajstić information content (AvgIpc) is 3.70. The minimum Gasteiger partial charge on any atom is -0.496 e. The van der Waals surface area contributed by atoms with Crippen molar-refractivity contribution in [3.63, 3.8) is 0 Å². The lowest BCUT2D eigenvalue weighted by Crippen LogP contribution is -2.10. The number of ether oxygens (including phenoxy) is 3. The number of methoxy groups -OCH3 is 2. The molecule has 0 aliphatic carbocycles. The first-order chi connectivity index (χ1) is 18.5. The highest BCUT2D eigenvalue weighted by Gasteiger charge is 2.18. The van der Waals surface area contributed by atoms with Crippen LogP contribution in [0.1, 0.15) is 26.6 Å². The third kappa shape index (κ3) is 4.55. The summed E-state index contributed by atoms with van der Waals surface area (Å²) >= 11 is 2.90. The third-order valence-electron chi connectivity index (χ3n) is 5.87. The SMILES string of the molecule is COc1cc(OCc2csc(Cc3ccc(C(N)=O)cc3)n2)c2cc(-c3cnc4sc(OC)nn34)oc2c1. The summed E-state index contributed by atoms with van der Waals surface area (Å²) in [7, 11) is 3.17. The molecule has 0 spiro atoms. The monoisotopic (exact) mass is 547 g/mol. The van der Waals surface area contributed by atoms with Crippen molar-refractivity contribution >= 4 is 44.5 Å². The van der Waals surface area contributed by atoms with Crippen molar-refractivity contribution in [1.29, 1.82) is 0 Å². The zero-order valence-corrected chi connectivity index (χ0v) is 22.0. The topological polar surface area (TPSA) is 127 Å². The van der Waals surface area contributed by atoms with Gasteiger partial charge in [-0.15, -0.1) is 16.4 Å². The number of benzene rings is 2. The van der Waals surface area contributed by atoms with Crippen LogP contribution in [0.2, 0.25) is 0 Å².